The minimum Gasteiger partial charge on any atom is -0.244 e. The first-order valence-electron chi connectivity index (χ1n) is 5.36. The minimum atomic E-state index is -1.11. The van der Waals surface area contributed by atoms with Gasteiger partial charge in [0.2, 0.25) is 6.08 Å². The molecule has 2 fully saturated rings. The number of halogens is 1. The molecule has 0 spiro atoms. The Hall–Kier alpha value is -0.690. The molecule has 0 saturated heterocycles. The molecular formula is C11H16FNO. The minimum absolute atomic E-state index is 0.387. The van der Waals surface area contributed by atoms with Crippen LogP contribution in [0.15, 0.2) is 4.99 Å². The molecule has 0 aromatic carbocycles. The van der Waals surface area contributed by atoms with Crippen molar-refractivity contribution in [1.29, 1.82) is 0 Å². The Bertz CT molecular complexity index is 267. The fourth-order valence-corrected chi connectivity index (χ4v) is 3.24. The molecule has 0 N–H and O–H groups in total. The van der Waals surface area contributed by atoms with Crippen molar-refractivity contribution in [2.45, 2.75) is 56.7 Å². The van der Waals surface area contributed by atoms with Crippen molar-refractivity contribution in [3.05, 3.63) is 0 Å². The van der Waals surface area contributed by atoms with Gasteiger partial charge in [0, 0.05) is 12.8 Å². The van der Waals surface area contributed by atoms with Crippen LogP contribution in [0.4, 0.5) is 4.39 Å². The van der Waals surface area contributed by atoms with Crippen LogP contribution in [0.3, 0.4) is 0 Å². The number of hydrogen-bond donors (Lipinski definition) is 0. The summed E-state index contributed by atoms with van der Waals surface area (Å²) in [4.78, 5) is 14.3. The Morgan fingerprint density at radius 1 is 1.36 bits per heavy atom. The summed E-state index contributed by atoms with van der Waals surface area (Å²) in [6, 6.07) is 0. The van der Waals surface area contributed by atoms with Crippen LogP contribution < -0.4 is 0 Å². The van der Waals surface area contributed by atoms with Gasteiger partial charge in [0.05, 0.1) is 5.54 Å². The van der Waals surface area contributed by atoms with Gasteiger partial charge in [-0.05, 0) is 25.7 Å². The Labute approximate surface area is 83.6 Å². The van der Waals surface area contributed by atoms with E-state index in [0.29, 0.717) is 18.8 Å². The third-order valence-electron chi connectivity index (χ3n) is 3.73. The number of aliphatic imine (C=N–C) groups is 1. The molecule has 78 valence electrons. The molecule has 0 heterocycles. The van der Waals surface area contributed by atoms with Crippen molar-refractivity contribution in [2.24, 2.45) is 10.9 Å². The summed E-state index contributed by atoms with van der Waals surface area (Å²) in [5.41, 5.74) is -1.50. The molecule has 2 rings (SSSR count). The highest BCUT2D eigenvalue weighted by Crippen LogP contribution is 2.54. The molecule has 0 bridgehead atoms. The number of isocyanates is 1. The molecule has 0 aliphatic heterocycles. The predicted molar refractivity (Wildman–Crippen MR) is 51.6 cm³/mol. The molecule has 14 heavy (non-hydrogen) atoms. The number of nitrogens with zero attached hydrogens (tertiary/aromatic N) is 1. The van der Waals surface area contributed by atoms with Crippen LogP contribution in [-0.4, -0.2) is 17.3 Å². The molecule has 2 aliphatic rings. The highest BCUT2D eigenvalue weighted by Gasteiger charge is 2.57. The molecule has 2 nitrogen and oxygen atoms in total. The molecule has 0 radical (unpaired) electrons. The van der Waals surface area contributed by atoms with Crippen LogP contribution in [0.1, 0.15) is 45.4 Å². The largest absolute Gasteiger partial charge is 0.244 e. The Morgan fingerprint density at radius 3 is 2.36 bits per heavy atom. The van der Waals surface area contributed by atoms with Crippen molar-refractivity contribution in [1.82, 2.24) is 0 Å². The van der Waals surface area contributed by atoms with Gasteiger partial charge in [-0.25, -0.2) is 9.18 Å². The average Bonchev–Trinajstić information content (AvgIpc) is 2.52. The van der Waals surface area contributed by atoms with Crippen molar-refractivity contribution >= 4 is 6.08 Å². The molecule has 0 aromatic rings. The van der Waals surface area contributed by atoms with Gasteiger partial charge in [-0.2, -0.15) is 4.99 Å². The maximum atomic E-state index is 13.5. The van der Waals surface area contributed by atoms with E-state index < -0.39 is 5.67 Å². The van der Waals surface area contributed by atoms with Crippen LogP contribution in [0, 0.1) is 5.92 Å². The Morgan fingerprint density at radius 2 is 1.93 bits per heavy atom. The second-order valence-corrected chi connectivity index (χ2v) is 5.05. The lowest BCUT2D eigenvalue weighted by atomic mass is 9.60. The third-order valence-corrected chi connectivity index (χ3v) is 3.73. The second-order valence-electron chi connectivity index (χ2n) is 5.05. The van der Waals surface area contributed by atoms with Crippen LogP contribution in [0.25, 0.3) is 0 Å². The fraction of sp³-hybridized carbons (Fsp3) is 0.909. The summed E-state index contributed by atoms with van der Waals surface area (Å²) in [6.45, 7) is 1.60. The van der Waals surface area contributed by atoms with Crippen molar-refractivity contribution in [2.75, 3.05) is 0 Å². The fourth-order valence-electron chi connectivity index (χ4n) is 3.24. The lowest BCUT2D eigenvalue weighted by molar-refractivity contribution is -0.0253. The zero-order valence-electron chi connectivity index (χ0n) is 8.55. The van der Waals surface area contributed by atoms with Crippen LogP contribution in [0.5, 0.6) is 0 Å². The summed E-state index contributed by atoms with van der Waals surface area (Å²) >= 11 is 0. The lowest BCUT2D eigenvalue weighted by Crippen LogP contribution is -2.55. The van der Waals surface area contributed by atoms with Gasteiger partial charge in [0.1, 0.15) is 5.67 Å². The molecular weight excluding hydrogens is 181 g/mol. The van der Waals surface area contributed by atoms with E-state index in [-0.39, 0.29) is 5.54 Å². The summed E-state index contributed by atoms with van der Waals surface area (Å²) in [6.07, 6.45) is 7.06. The average molecular weight is 197 g/mol. The summed E-state index contributed by atoms with van der Waals surface area (Å²) in [5, 5.41) is 0. The summed E-state index contributed by atoms with van der Waals surface area (Å²) < 4.78 is 13.5. The Kier molecular flexibility index (Phi) is 2.23. The van der Waals surface area contributed by atoms with E-state index in [2.05, 4.69) is 4.99 Å². The van der Waals surface area contributed by atoms with E-state index in [1.54, 1.807) is 13.0 Å². The number of carbonyl (C=O) groups excluding carboxylic acids is 1. The number of rotatable bonds is 2. The molecule has 0 atom stereocenters. The molecule has 0 unspecified atom stereocenters. The van der Waals surface area contributed by atoms with Gasteiger partial charge in [-0.15, -0.1) is 0 Å². The first-order chi connectivity index (χ1) is 6.58. The molecule has 3 heteroatoms. The van der Waals surface area contributed by atoms with Crippen molar-refractivity contribution < 1.29 is 9.18 Å². The van der Waals surface area contributed by atoms with E-state index >= 15 is 0 Å². The maximum Gasteiger partial charge on any atom is 0.235 e. The second kappa shape index (κ2) is 3.16. The van der Waals surface area contributed by atoms with E-state index in [9.17, 15) is 9.18 Å². The molecule has 0 amide bonds. The number of alkyl halides is 1. The quantitative estimate of drug-likeness (QED) is 0.494. The van der Waals surface area contributed by atoms with E-state index in [1.807, 2.05) is 0 Å². The van der Waals surface area contributed by atoms with Gasteiger partial charge < -0.3 is 0 Å². The van der Waals surface area contributed by atoms with Crippen molar-refractivity contribution in [3.8, 4) is 0 Å². The molecule has 2 aliphatic carbocycles. The first-order valence-corrected chi connectivity index (χ1v) is 5.36. The SMILES string of the molecule is CC1(F)CC(N=C=O)(C2CCCC2)C1. The predicted octanol–water partition coefficient (Wildman–Crippen LogP) is 2.77. The van der Waals surface area contributed by atoms with Gasteiger partial charge in [-0.3, -0.25) is 0 Å². The van der Waals surface area contributed by atoms with E-state index in [4.69, 9.17) is 0 Å². The normalized spacial score (nSPS) is 43.0. The van der Waals surface area contributed by atoms with Gasteiger partial charge >= 0.3 is 0 Å². The first kappa shape index (κ1) is 9.85. The topological polar surface area (TPSA) is 29.4 Å². The monoisotopic (exact) mass is 197 g/mol. The smallest absolute Gasteiger partial charge is 0.235 e. The van der Waals surface area contributed by atoms with Crippen LogP contribution >= 0.6 is 0 Å². The van der Waals surface area contributed by atoms with Crippen molar-refractivity contribution in [3.63, 3.8) is 0 Å². The Balaban J connectivity index is 2.13. The van der Waals surface area contributed by atoms with Gasteiger partial charge in [0.15, 0.2) is 0 Å². The van der Waals surface area contributed by atoms with Crippen LogP contribution in [0.2, 0.25) is 0 Å². The zero-order valence-corrected chi connectivity index (χ0v) is 8.55. The standard InChI is InChI=1S/C11H16FNO/c1-10(12)6-11(7-10,13-8-14)9-4-2-3-5-9/h9H,2-7H2,1H3. The molecule has 0 aromatic heterocycles. The summed E-state index contributed by atoms with van der Waals surface area (Å²) in [7, 11) is 0. The third kappa shape index (κ3) is 1.50. The van der Waals surface area contributed by atoms with Crippen LogP contribution in [-0.2, 0) is 4.79 Å². The number of hydrogen-bond acceptors (Lipinski definition) is 2. The highest BCUT2D eigenvalue weighted by molar-refractivity contribution is 5.37. The van der Waals surface area contributed by atoms with E-state index in [0.717, 1.165) is 12.8 Å². The zero-order chi connectivity index (χ0) is 10.2. The van der Waals surface area contributed by atoms with Gasteiger partial charge in [-0.1, -0.05) is 12.8 Å². The lowest BCUT2D eigenvalue weighted by Gasteiger charge is -2.50. The highest BCUT2D eigenvalue weighted by atomic mass is 19.1. The maximum absolute atomic E-state index is 13.5. The molecule has 2 saturated carbocycles. The summed E-state index contributed by atoms with van der Waals surface area (Å²) in [5.74, 6) is 0.424. The van der Waals surface area contributed by atoms with Gasteiger partial charge in [0.25, 0.3) is 0 Å². The van der Waals surface area contributed by atoms with E-state index in [1.165, 1.54) is 12.8 Å².